The predicted octanol–water partition coefficient (Wildman–Crippen LogP) is 3.47. The molecular weight excluding hydrogens is 257 g/mol. The van der Waals surface area contributed by atoms with Crippen molar-refractivity contribution in [1.82, 2.24) is 4.98 Å². The summed E-state index contributed by atoms with van der Waals surface area (Å²) in [5.74, 6) is 0. The lowest BCUT2D eigenvalue weighted by molar-refractivity contribution is -0.141. The van der Waals surface area contributed by atoms with Crippen molar-refractivity contribution < 1.29 is 17.9 Å². The molecule has 1 aromatic rings. The van der Waals surface area contributed by atoms with Gasteiger partial charge in [0.2, 0.25) is 0 Å². The molecule has 0 bridgehead atoms. The molecule has 1 unspecified atom stereocenters. The van der Waals surface area contributed by atoms with E-state index in [1.807, 2.05) is 13.8 Å². The molecule has 6 heteroatoms. The average molecular weight is 274 g/mol. The molecule has 0 saturated carbocycles. The minimum absolute atomic E-state index is 0.197. The van der Waals surface area contributed by atoms with Crippen molar-refractivity contribution in [2.45, 2.75) is 44.5 Å². The fraction of sp³-hybridized carbons (Fsp3) is 0.615. The van der Waals surface area contributed by atoms with E-state index < -0.39 is 11.9 Å². The molecule has 1 aliphatic heterocycles. The van der Waals surface area contributed by atoms with Crippen LogP contribution in [0.15, 0.2) is 18.3 Å². The van der Waals surface area contributed by atoms with Gasteiger partial charge in [-0.2, -0.15) is 13.2 Å². The van der Waals surface area contributed by atoms with Crippen molar-refractivity contribution >= 4 is 5.69 Å². The first-order chi connectivity index (χ1) is 8.76. The molecule has 1 fully saturated rings. The van der Waals surface area contributed by atoms with Crippen LogP contribution in [-0.2, 0) is 10.9 Å². The van der Waals surface area contributed by atoms with E-state index in [0.717, 1.165) is 18.9 Å². The summed E-state index contributed by atoms with van der Waals surface area (Å²) < 4.78 is 42.7. The molecule has 1 atom stereocenters. The second kappa shape index (κ2) is 5.00. The molecule has 1 aliphatic rings. The fourth-order valence-corrected chi connectivity index (χ4v) is 2.24. The Hall–Kier alpha value is -1.30. The van der Waals surface area contributed by atoms with Crippen molar-refractivity contribution in [2.75, 3.05) is 11.9 Å². The molecule has 1 N–H and O–H groups in total. The lowest BCUT2D eigenvalue weighted by Gasteiger charge is -2.36. The summed E-state index contributed by atoms with van der Waals surface area (Å²) in [6.07, 6.45) is -1.51. The van der Waals surface area contributed by atoms with E-state index in [1.165, 1.54) is 12.3 Å². The zero-order valence-corrected chi connectivity index (χ0v) is 10.9. The number of rotatable bonds is 2. The number of nitrogens with one attached hydrogen (secondary N) is 1. The second-order valence-electron chi connectivity index (χ2n) is 5.37. The van der Waals surface area contributed by atoms with Crippen LogP contribution in [0.3, 0.4) is 0 Å². The highest BCUT2D eigenvalue weighted by Gasteiger charge is 2.32. The molecule has 0 spiro atoms. The number of halogens is 3. The molecule has 2 heterocycles. The van der Waals surface area contributed by atoms with Gasteiger partial charge < -0.3 is 10.1 Å². The van der Waals surface area contributed by atoms with Gasteiger partial charge in [0.25, 0.3) is 0 Å². The molecule has 0 amide bonds. The highest BCUT2D eigenvalue weighted by Crippen LogP contribution is 2.29. The van der Waals surface area contributed by atoms with Crippen LogP contribution in [0, 0.1) is 0 Å². The first-order valence-corrected chi connectivity index (χ1v) is 6.20. The van der Waals surface area contributed by atoms with E-state index >= 15 is 0 Å². The summed E-state index contributed by atoms with van der Waals surface area (Å²) in [5.41, 5.74) is -0.462. The van der Waals surface area contributed by atoms with Gasteiger partial charge in [0.1, 0.15) is 5.69 Å². The van der Waals surface area contributed by atoms with E-state index in [9.17, 15) is 13.2 Å². The average Bonchev–Trinajstić information content (AvgIpc) is 2.27. The largest absolute Gasteiger partial charge is 0.433 e. The van der Waals surface area contributed by atoms with Gasteiger partial charge in [-0.3, -0.25) is 0 Å². The van der Waals surface area contributed by atoms with E-state index in [0.29, 0.717) is 12.3 Å². The van der Waals surface area contributed by atoms with Crippen LogP contribution in [0.5, 0.6) is 0 Å². The fourth-order valence-electron chi connectivity index (χ4n) is 2.24. The first-order valence-electron chi connectivity index (χ1n) is 6.20. The van der Waals surface area contributed by atoms with Crippen molar-refractivity contribution in [3.8, 4) is 0 Å². The van der Waals surface area contributed by atoms with E-state index in [1.54, 1.807) is 0 Å². The molecule has 3 nitrogen and oxygen atoms in total. The molecule has 0 radical (unpaired) electrons. The van der Waals surface area contributed by atoms with E-state index in [2.05, 4.69) is 10.3 Å². The van der Waals surface area contributed by atoms with Crippen LogP contribution in [0.2, 0.25) is 0 Å². The number of ether oxygens (including phenoxy) is 1. The SMILES string of the molecule is CC1(C)CC(Nc2ccc(C(F)(F)F)nc2)CCO1. The zero-order chi connectivity index (χ0) is 14.1. The quantitative estimate of drug-likeness (QED) is 0.896. The summed E-state index contributed by atoms with van der Waals surface area (Å²) in [6.45, 7) is 4.66. The van der Waals surface area contributed by atoms with Crippen LogP contribution in [0.1, 0.15) is 32.4 Å². The minimum Gasteiger partial charge on any atom is -0.381 e. The Morgan fingerprint density at radius 3 is 2.63 bits per heavy atom. The lowest BCUT2D eigenvalue weighted by atomic mass is 9.94. The molecule has 0 aliphatic carbocycles. The van der Waals surface area contributed by atoms with Gasteiger partial charge in [0.05, 0.1) is 17.5 Å². The van der Waals surface area contributed by atoms with Crippen LogP contribution < -0.4 is 5.32 Å². The maximum atomic E-state index is 12.4. The molecule has 1 aromatic heterocycles. The third-order valence-corrected chi connectivity index (χ3v) is 3.12. The number of hydrogen-bond donors (Lipinski definition) is 1. The lowest BCUT2D eigenvalue weighted by Crippen LogP contribution is -2.40. The van der Waals surface area contributed by atoms with E-state index in [-0.39, 0.29) is 11.6 Å². The zero-order valence-electron chi connectivity index (χ0n) is 10.9. The minimum atomic E-state index is -4.39. The molecule has 19 heavy (non-hydrogen) atoms. The van der Waals surface area contributed by atoms with Crippen molar-refractivity contribution in [3.05, 3.63) is 24.0 Å². The highest BCUT2D eigenvalue weighted by atomic mass is 19.4. The van der Waals surface area contributed by atoms with Crippen molar-refractivity contribution in [2.24, 2.45) is 0 Å². The van der Waals surface area contributed by atoms with Gasteiger partial charge in [-0.05, 0) is 38.8 Å². The first kappa shape index (κ1) is 14.1. The standard InChI is InChI=1S/C13H17F3N2O/c1-12(2)7-9(5-6-19-12)18-10-3-4-11(17-8-10)13(14,15)16/h3-4,8-9,18H,5-7H2,1-2H3. The Morgan fingerprint density at radius 2 is 2.11 bits per heavy atom. The normalized spacial score (nSPS) is 23.1. The summed E-state index contributed by atoms with van der Waals surface area (Å²) in [5, 5.41) is 3.21. The van der Waals surface area contributed by atoms with Gasteiger partial charge >= 0.3 is 6.18 Å². The summed E-state index contributed by atoms with van der Waals surface area (Å²) in [6, 6.07) is 2.60. The Bertz CT molecular complexity index is 429. The smallest absolute Gasteiger partial charge is 0.381 e. The molecule has 0 aromatic carbocycles. The number of alkyl halides is 3. The van der Waals surface area contributed by atoms with Gasteiger partial charge in [0.15, 0.2) is 0 Å². The Morgan fingerprint density at radius 1 is 1.37 bits per heavy atom. The number of anilines is 1. The van der Waals surface area contributed by atoms with Crippen LogP contribution in [-0.4, -0.2) is 23.2 Å². The topological polar surface area (TPSA) is 34.2 Å². The van der Waals surface area contributed by atoms with Crippen molar-refractivity contribution in [1.29, 1.82) is 0 Å². The van der Waals surface area contributed by atoms with Crippen LogP contribution in [0.25, 0.3) is 0 Å². The maximum Gasteiger partial charge on any atom is 0.433 e. The van der Waals surface area contributed by atoms with Crippen LogP contribution >= 0.6 is 0 Å². The van der Waals surface area contributed by atoms with Gasteiger partial charge in [0, 0.05) is 12.6 Å². The number of hydrogen-bond acceptors (Lipinski definition) is 3. The monoisotopic (exact) mass is 274 g/mol. The van der Waals surface area contributed by atoms with E-state index in [4.69, 9.17) is 4.74 Å². The number of aromatic nitrogens is 1. The van der Waals surface area contributed by atoms with Gasteiger partial charge in [-0.25, -0.2) is 4.98 Å². The van der Waals surface area contributed by atoms with Gasteiger partial charge in [-0.1, -0.05) is 0 Å². The Balaban J connectivity index is 2.00. The van der Waals surface area contributed by atoms with Crippen LogP contribution in [0.4, 0.5) is 18.9 Å². The second-order valence-corrected chi connectivity index (χ2v) is 5.37. The summed E-state index contributed by atoms with van der Waals surface area (Å²) >= 11 is 0. The third-order valence-electron chi connectivity index (χ3n) is 3.12. The predicted molar refractivity (Wildman–Crippen MR) is 65.9 cm³/mol. The molecule has 1 saturated heterocycles. The highest BCUT2D eigenvalue weighted by molar-refractivity contribution is 5.42. The molecular formula is C13H17F3N2O. The maximum absolute atomic E-state index is 12.4. The summed E-state index contributed by atoms with van der Waals surface area (Å²) in [7, 11) is 0. The van der Waals surface area contributed by atoms with Crippen molar-refractivity contribution in [3.63, 3.8) is 0 Å². The third kappa shape index (κ3) is 3.83. The Labute approximate surface area is 110 Å². The number of pyridine rings is 1. The van der Waals surface area contributed by atoms with Gasteiger partial charge in [-0.15, -0.1) is 0 Å². The molecule has 2 rings (SSSR count). The number of nitrogens with zero attached hydrogens (tertiary/aromatic N) is 1. The molecule has 106 valence electrons. The Kier molecular flexibility index (Phi) is 3.71. The summed E-state index contributed by atoms with van der Waals surface area (Å²) in [4.78, 5) is 3.43.